The molecule has 0 N–H and O–H groups in total. The van der Waals surface area contributed by atoms with Crippen molar-refractivity contribution >= 4 is 0 Å². The van der Waals surface area contributed by atoms with Crippen molar-refractivity contribution < 1.29 is 9.47 Å². The lowest BCUT2D eigenvalue weighted by atomic mass is 10.0. The Morgan fingerprint density at radius 3 is 2.36 bits per heavy atom. The molecule has 0 saturated carbocycles. The Bertz CT molecular complexity index is 880. The van der Waals surface area contributed by atoms with Gasteiger partial charge in [-0.3, -0.25) is 4.90 Å². The van der Waals surface area contributed by atoms with E-state index in [0.29, 0.717) is 6.61 Å². The van der Waals surface area contributed by atoms with Gasteiger partial charge in [0.15, 0.2) is 0 Å². The zero-order chi connectivity index (χ0) is 19.2. The Kier molecular flexibility index (Phi) is 6.05. The van der Waals surface area contributed by atoms with Gasteiger partial charge in [0.05, 0.1) is 12.7 Å². The normalized spacial score (nSPS) is 17.4. The topological polar surface area (TPSA) is 21.7 Å². The summed E-state index contributed by atoms with van der Waals surface area (Å²) in [5, 5.41) is 0. The molecule has 0 bridgehead atoms. The molecular weight excluding hydrogens is 346 g/mol. The summed E-state index contributed by atoms with van der Waals surface area (Å²) in [6.45, 7) is 6.36. The maximum atomic E-state index is 6.10. The molecule has 3 nitrogen and oxygen atoms in total. The van der Waals surface area contributed by atoms with Gasteiger partial charge in [0.2, 0.25) is 0 Å². The Labute approximate surface area is 167 Å². The van der Waals surface area contributed by atoms with Crippen LogP contribution >= 0.6 is 0 Å². The molecule has 0 spiro atoms. The molecule has 1 atom stereocenters. The van der Waals surface area contributed by atoms with Gasteiger partial charge >= 0.3 is 0 Å². The predicted molar refractivity (Wildman–Crippen MR) is 112 cm³/mol. The van der Waals surface area contributed by atoms with Gasteiger partial charge in [-0.15, -0.1) is 0 Å². The van der Waals surface area contributed by atoms with Gasteiger partial charge in [0, 0.05) is 19.6 Å². The van der Waals surface area contributed by atoms with Gasteiger partial charge in [-0.05, 0) is 41.3 Å². The molecule has 1 unspecified atom stereocenters. The predicted octanol–water partition coefficient (Wildman–Crippen LogP) is 5.15. The van der Waals surface area contributed by atoms with Gasteiger partial charge < -0.3 is 9.47 Å². The highest BCUT2D eigenvalue weighted by atomic mass is 16.5. The van der Waals surface area contributed by atoms with Crippen molar-refractivity contribution in [2.24, 2.45) is 0 Å². The summed E-state index contributed by atoms with van der Waals surface area (Å²) < 4.78 is 12.1. The highest BCUT2D eigenvalue weighted by molar-refractivity contribution is 5.36. The third-order valence-electron chi connectivity index (χ3n) is 5.24. The highest BCUT2D eigenvalue weighted by Gasteiger charge is 2.23. The number of aryl methyl sites for hydroxylation is 1. The first kappa shape index (κ1) is 18.7. The van der Waals surface area contributed by atoms with Crippen molar-refractivity contribution in [1.82, 2.24) is 4.90 Å². The minimum absolute atomic E-state index is 0.112. The van der Waals surface area contributed by atoms with Crippen molar-refractivity contribution in [2.75, 3.05) is 19.7 Å². The number of morpholine rings is 1. The number of ether oxygens (including phenoxy) is 2. The zero-order valence-electron chi connectivity index (χ0n) is 16.4. The van der Waals surface area contributed by atoms with Crippen LogP contribution in [-0.2, 0) is 17.9 Å². The maximum Gasteiger partial charge on any atom is 0.120 e. The van der Waals surface area contributed by atoms with Crippen LogP contribution in [0, 0.1) is 6.92 Å². The maximum absolute atomic E-state index is 6.10. The summed E-state index contributed by atoms with van der Waals surface area (Å²) in [4.78, 5) is 2.47. The molecule has 3 aromatic carbocycles. The molecule has 1 aliphatic rings. The van der Waals surface area contributed by atoms with Gasteiger partial charge in [-0.1, -0.05) is 66.7 Å². The lowest BCUT2D eigenvalue weighted by Gasteiger charge is -2.34. The first-order chi connectivity index (χ1) is 13.8. The summed E-state index contributed by atoms with van der Waals surface area (Å²) in [6.07, 6.45) is 0.112. The van der Waals surface area contributed by atoms with E-state index in [9.17, 15) is 0 Å². The standard InChI is InChI=1S/C25H27NO2/c1-20-16-23(28-19-22-10-6-3-7-11-22)12-13-24(20)25-18-26(14-15-27-25)17-21-8-4-2-5-9-21/h2-13,16,25H,14-15,17-19H2,1H3. The molecule has 144 valence electrons. The van der Waals surface area contributed by atoms with E-state index < -0.39 is 0 Å². The van der Waals surface area contributed by atoms with E-state index in [4.69, 9.17) is 9.47 Å². The van der Waals surface area contributed by atoms with Gasteiger partial charge in [0.25, 0.3) is 0 Å². The van der Waals surface area contributed by atoms with Crippen molar-refractivity contribution in [3.05, 3.63) is 101 Å². The van der Waals surface area contributed by atoms with Crippen LogP contribution in [-0.4, -0.2) is 24.6 Å². The minimum atomic E-state index is 0.112. The van der Waals surface area contributed by atoms with E-state index in [1.54, 1.807) is 0 Å². The van der Waals surface area contributed by atoms with Gasteiger partial charge in [-0.25, -0.2) is 0 Å². The van der Waals surface area contributed by atoms with E-state index in [1.165, 1.54) is 22.3 Å². The van der Waals surface area contributed by atoms with Gasteiger partial charge in [0.1, 0.15) is 12.4 Å². The summed E-state index contributed by atoms with van der Waals surface area (Å²) in [5.41, 5.74) is 5.00. The Balaban J connectivity index is 1.39. The third kappa shape index (κ3) is 4.80. The third-order valence-corrected chi connectivity index (χ3v) is 5.24. The molecule has 0 aliphatic carbocycles. The van der Waals surface area contributed by atoms with Crippen LogP contribution < -0.4 is 4.74 Å². The largest absolute Gasteiger partial charge is 0.489 e. The molecular formula is C25H27NO2. The smallest absolute Gasteiger partial charge is 0.120 e. The summed E-state index contributed by atoms with van der Waals surface area (Å²) in [6, 6.07) is 27.2. The van der Waals surface area contributed by atoms with E-state index >= 15 is 0 Å². The molecule has 3 aromatic rings. The van der Waals surface area contributed by atoms with Crippen LogP contribution in [0.3, 0.4) is 0 Å². The molecule has 4 rings (SSSR count). The molecule has 1 heterocycles. The van der Waals surface area contributed by atoms with Crippen LogP contribution in [0.5, 0.6) is 5.75 Å². The first-order valence-electron chi connectivity index (χ1n) is 9.93. The van der Waals surface area contributed by atoms with Crippen molar-refractivity contribution in [1.29, 1.82) is 0 Å². The number of nitrogens with zero attached hydrogens (tertiary/aromatic N) is 1. The molecule has 0 amide bonds. The second kappa shape index (κ2) is 9.05. The molecule has 0 aromatic heterocycles. The van der Waals surface area contributed by atoms with Crippen LogP contribution in [0.15, 0.2) is 78.9 Å². The first-order valence-corrected chi connectivity index (χ1v) is 9.93. The average Bonchev–Trinajstić information content (AvgIpc) is 2.74. The number of hydrogen-bond donors (Lipinski definition) is 0. The van der Waals surface area contributed by atoms with E-state index in [-0.39, 0.29) is 6.10 Å². The molecule has 28 heavy (non-hydrogen) atoms. The average molecular weight is 373 g/mol. The Morgan fingerprint density at radius 1 is 0.929 bits per heavy atom. The lowest BCUT2D eigenvalue weighted by Crippen LogP contribution is -2.38. The second-order valence-electron chi connectivity index (χ2n) is 7.37. The fourth-order valence-corrected chi connectivity index (χ4v) is 3.72. The van der Waals surface area contributed by atoms with Crippen molar-refractivity contribution in [3.63, 3.8) is 0 Å². The number of hydrogen-bond acceptors (Lipinski definition) is 3. The minimum Gasteiger partial charge on any atom is -0.489 e. The van der Waals surface area contributed by atoms with Crippen molar-refractivity contribution in [2.45, 2.75) is 26.2 Å². The van der Waals surface area contributed by atoms with Crippen LogP contribution in [0.1, 0.15) is 28.4 Å². The fraction of sp³-hybridized carbons (Fsp3) is 0.280. The fourth-order valence-electron chi connectivity index (χ4n) is 3.72. The number of rotatable bonds is 6. The van der Waals surface area contributed by atoms with E-state index in [2.05, 4.69) is 72.5 Å². The monoisotopic (exact) mass is 373 g/mol. The molecule has 1 saturated heterocycles. The summed E-state index contributed by atoms with van der Waals surface area (Å²) >= 11 is 0. The molecule has 1 fully saturated rings. The van der Waals surface area contributed by atoms with Crippen molar-refractivity contribution in [3.8, 4) is 5.75 Å². The molecule has 0 radical (unpaired) electrons. The second-order valence-corrected chi connectivity index (χ2v) is 7.37. The van der Waals surface area contributed by atoms with Crippen LogP contribution in [0.4, 0.5) is 0 Å². The summed E-state index contributed by atoms with van der Waals surface area (Å²) in [5.74, 6) is 0.905. The molecule has 1 aliphatic heterocycles. The van der Waals surface area contributed by atoms with E-state index in [0.717, 1.165) is 32.0 Å². The highest BCUT2D eigenvalue weighted by Crippen LogP contribution is 2.28. The molecule has 3 heteroatoms. The zero-order valence-corrected chi connectivity index (χ0v) is 16.4. The van der Waals surface area contributed by atoms with Gasteiger partial charge in [-0.2, -0.15) is 0 Å². The Morgan fingerprint density at radius 2 is 1.64 bits per heavy atom. The number of benzene rings is 3. The SMILES string of the molecule is Cc1cc(OCc2ccccc2)ccc1C1CN(Cc2ccccc2)CCO1. The lowest BCUT2D eigenvalue weighted by molar-refractivity contribution is -0.0332. The van der Waals surface area contributed by atoms with Crippen LogP contribution in [0.25, 0.3) is 0 Å². The Hall–Kier alpha value is -2.62. The van der Waals surface area contributed by atoms with E-state index in [1.807, 2.05) is 18.2 Å². The summed E-state index contributed by atoms with van der Waals surface area (Å²) in [7, 11) is 0. The quantitative estimate of drug-likeness (QED) is 0.597. The van der Waals surface area contributed by atoms with Crippen LogP contribution in [0.2, 0.25) is 0 Å².